The number of ether oxygens (including phenoxy) is 1. The van der Waals surface area contributed by atoms with Gasteiger partial charge >= 0.3 is 0 Å². The van der Waals surface area contributed by atoms with E-state index in [2.05, 4.69) is 23.8 Å². The normalized spacial score (nSPS) is 15.0. The summed E-state index contributed by atoms with van der Waals surface area (Å²) in [7, 11) is 0. The van der Waals surface area contributed by atoms with Crippen LogP contribution in [0.5, 0.6) is 0 Å². The van der Waals surface area contributed by atoms with Crippen LogP contribution in [-0.2, 0) is 4.74 Å². The summed E-state index contributed by atoms with van der Waals surface area (Å²) in [6.07, 6.45) is 1.78. The second kappa shape index (κ2) is 6.07. The Bertz CT molecular complexity index is 364. The second-order valence-electron chi connectivity index (χ2n) is 4.68. The summed E-state index contributed by atoms with van der Waals surface area (Å²) in [5, 5.41) is 0. The maximum atomic E-state index is 5.85. The highest BCUT2D eigenvalue weighted by Gasteiger charge is 2.20. The lowest BCUT2D eigenvalue weighted by molar-refractivity contribution is 0.0230. The summed E-state index contributed by atoms with van der Waals surface area (Å²) in [6.45, 7) is 10.8. The van der Waals surface area contributed by atoms with E-state index in [1.165, 1.54) is 0 Å². The lowest BCUT2D eigenvalue weighted by Gasteiger charge is -2.20. The number of rotatable bonds is 5. The largest absolute Gasteiger partial charge is 0.370 e. The molecule has 0 aliphatic rings. The Morgan fingerprint density at radius 3 is 2.41 bits per heavy atom. The predicted octanol–water partition coefficient (Wildman–Crippen LogP) is 2.54. The Balaban J connectivity index is 3.02. The van der Waals surface area contributed by atoms with Crippen molar-refractivity contribution >= 4 is 0 Å². The van der Waals surface area contributed by atoms with Crippen LogP contribution >= 0.6 is 0 Å². The van der Waals surface area contributed by atoms with Gasteiger partial charge in [0.05, 0.1) is 0 Å². The molecule has 1 rings (SSSR count). The molecule has 0 aliphatic heterocycles. The van der Waals surface area contributed by atoms with Gasteiger partial charge in [-0.1, -0.05) is 13.8 Å². The monoisotopic (exact) mass is 237 g/mol. The second-order valence-corrected chi connectivity index (χ2v) is 4.68. The third-order valence-electron chi connectivity index (χ3n) is 2.73. The van der Waals surface area contributed by atoms with E-state index in [4.69, 9.17) is 10.5 Å². The molecule has 0 radical (unpaired) electrons. The van der Waals surface area contributed by atoms with E-state index in [0.29, 0.717) is 12.5 Å². The maximum Gasteiger partial charge on any atom is 0.157 e. The van der Waals surface area contributed by atoms with Gasteiger partial charge in [0.1, 0.15) is 6.10 Å². The molecule has 0 saturated heterocycles. The van der Waals surface area contributed by atoms with Gasteiger partial charge in [0, 0.05) is 30.1 Å². The number of nitrogens with zero attached hydrogens (tertiary/aromatic N) is 2. The number of hydrogen-bond acceptors (Lipinski definition) is 4. The zero-order chi connectivity index (χ0) is 13.0. The van der Waals surface area contributed by atoms with Crippen molar-refractivity contribution in [2.75, 3.05) is 6.61 Å². The molecule has 0 spiro atoms. The molecule has 4 nitrogen and oxygen atoms in total. The van der Waals surface area contributed by atoms with Crippen LogP contribution in [0.25, 0.3) is 0 Å². The van der Waals surface area contributed by atoms with Crippen LogP contribution < -0.4 is 5.73 Å². The van der Waals surface area contributed by atoms with Gasteiger partial charge in [0.25, 0.3) is 0 Å². The molecule has 0 fully saturated rings. The average molecular weight is 237 g/mol. The smallest absolute Gasteiger partial charge is 0.157 e. The first-order valence-corrected chi connectivity index (χ1v) is 6.18. The van der Waals surface area contributed by atoms with Crippen LogP contribution in [0.15, 0.2) is 6.20 Å². The van der Waals surface area contributed by atoms with Gasteiger partial charge in [-0.05, 0) is 26.7 Å². The van der Waals surface area contributed by atoms with Crippen molar-refractivity contribution in [2.24, 2.45) is 11.7 Å². The average Bonchev–Trinajstić information content (AvgIpc) is 2.24. The molecule has 4 heteroatoms. The van der Waals surface area contributed by atoms with Gasteiger partial charge in [-0.3, -0.25) is 0 Å². The summed E-state index contributed by atoms with van der Waals surface area (Å²) in [5.41, 5.74) is 7.78. The van der Waals surface area contributed by atoms with Crippen molar-refractivity contribution in [3.8, 4) is 0 Å². The number of nitrogens with two attached hydrogens (primary N) is 1. The van der Waals surface area contributed by atoms with E-state index in [1.54, 1.807) is 0 Å². The molecule has 0 saturated carbocycles. The minimum Gasteiger partial charge on any atom is -0.370 e. The van der Waals surface area contributed by atoms with Gasteiger partial charge in [-0.25, -0.2) is 9.97 Å². The SMILES string of the molecule is CCOC(c1ncc([C@@H](C)N)c(C)n1)C(C)C. The fourth-order valence-corrected chi connectivity index (χ4v) is 1.82. The summed E-state index contributed by atoms with van der Waals surface area (Å²) < 4.78 is 5.69. The van der Waals surface area contributed by atoms with Crippen LogP contribution in [0.3, 0.4) is 0 Å². The van der Waals surface area contributed by atoms with Crippen LogP contribution in [0.1, 0.15) is 56.9 Å². The Morgan fingerprint density at radius 1 is 1.35 bits per heavy atom. The molecule has 96 valence electrons. The minimum absolute atomic E-state index is 0.0337. The topological polar surface area (TPSA) is 61.0 Å². The summed E-state index contributed by atoms with van der Waals surface area (Å²) in [5.74, 6) is 1.11. The Kier molecular flexibility index (Phi) is 5.02. The number of hydrogen-bond donors (Lipinski definition) is 1. The highest BCUT2D eigenvalue weighted by Crippen LogP contribution is 2.24. The molecule has 1 unspecified atom stereocenters. The van der Waals surface area contributed by atoms with Gasteiger partial charge in [0.2, 0.25) is 0 Å². The fourth-order valence-electron chi connectivity index (χ4n) is 1.82. The minimum atomic E-state index is -0.0409. The third kappa shape index (κ3) is 3.48. The van der Waals surface area contributed by atoms with Gasteiger partial charge in [-0.2, -0.15) is 0 Å². The van der Waals surface area contributed by atoms with E-state index < -0.39 is 0 Å². The lowest BCUT2D eigenvalue weighted by Crippen LogP contribution is -2.17. The van der Waals surface area contributed by atoms with Crippen LogP contribution in [0, 0.1) is 12.8 Å². The van der Waals surface area contributed by atoms with E-state index in [0.717, 1.165) is 17.1 Å². The van der Waals surface area contributed by atoms with E-state index in [9.17, 15) is 0 Å². The first-order chi connectivity index (χ1) is 7.97. The standard InChI is InChI=1S/C13H23N3O/c1-6-17-12(8(2)3)13-15-7-11(9(4)14)10(5)16-13/h7-9,12H,6,14H2,1-5H3/t9-,12?/m1/s1. The number of aromatic nitrogens is 2. The van der Waals surface area contributed by atoms with Crippen molar-refractivity contribution in [3.05, 3.63) is 23.3 Å². The van der Waals surface area contributed by atoms with Crippen molar-refractivity contribution in [1.82, 2.24) is 9.97 Å². The van der Waals surface area contributed by atoms with Crippen molar-refractivity contribution in [2.45, 2.75) is 46.8 Å². The molecule has 17 heavy (non-hydrogen) atoms. The zero-order valence-corrected chi connectivity index (χ0v) is 11.4. The van der Waals surface area contributed by atoms with E-state index in [1.807, 2.05) is 27.0 Å². The van der Waals surface area contributed by atoms with Crippen molar-refractivity contribution in [1.29, 1.82) is 0 Å². The first-order valence-electron chi connectivity index (χ1n) is 6.18. The number of aryl methyl sites for hydroxylation is 1. The molecule has 0 amide bonds. The molecule has 2 N–H and O–H groups in total. The van der Waals surface area contributed by atoms with Crippen LogP contribution in [0.2, 0.25) is 0 Å². The molecular formula is C13H23N3O. The van der Waals surface area contributed by atoms with Crippen LogP contribution in [-0.4, -0.2) is 16.6 Å². The molecular weight excluding hydrogens is 214 g/mol. The first kappa shape index (κ1) is 14.1. The van der Waals surface area contributed by atoms with Gasteiger partial charge in [0.15, 0.2) is 5.82 Å². The summed E-state index contributed by atoms with van der Waals surface area (Å²) in [6, 6.07) is -0.0337. The molecule has 0 aliphatic carbocycles. The zero-order valence-electron chi connectivity index (χ0n) is 11.4. The lowest BCUT2D eigenvalue weighted by atomic mass is 10.1. The van der Waals surface area contributed by atoms with E-state index in [-0.39, 0.29) is 12.1 Å². The maximum absolute atomic E-state index is 5.85. The Hall–Kier alpha value is -1.00. The molecule has 1 heterocycles. The van der Waals surface area contributed by atoms with Crippen LogP contribution in [0.4, 0.5) is 0 Å². The summed E-state index contributed by atoms with van der Waals surface area (Å²) in [4.78, 5) is 8.90. The third-order valence-corrected chi connectivity index (χ3v) is 2.73. The molecule has 0 aromatic carbocycles. The molecule has 2 atom stereocenters. The molecule has 1 aromatic rings. The fraction of sp³-hybridized carbons (Fsp3) is 0.692. The highest BCUT2D eigenvalue weighted by molar-refractivity contribution is 5.20. The molecule has 0 bridgehead atoms. The van der Waals surface area contributed by atoms with Gasteiger partial charge in [-0.15, -0.1) is 0 Å². The molecule has 1 aromatic heterocycles. The van der Waals surface area contributed by atoms with Crippen molar-refractivity contribution in [3.63, 3.8) is 0 Å². The van der Waals surface area contributed by atoms with E-state index >= 15 is 0 Å². The van der Waals surface area contributed by atoms with Gasteiger partial charge < -0.3 is 10.5 Å². The Labute approximate surface area is 104 Å². The Morgan fingerprint density at radius 2 is 2.00 bits per heavy atom. The predicted molar refractivity (Wildman–Crippen MR) is 68.6 cm³/mol. The summed E-state index contributed by atoms with van der Waals surface area (Å²) >= 11 is 0. The van der Waals surface area contributed by atoms with Crippen molar-refractivity contribution < 1.29 is 4.74 Å². The highest BCUT2D eigenvalue weighted by atomic mass is 16.5. The quantitative estimate of drug-likeness (QED) is 0.855.